The fraction of sp³-hybridized carbons (Fsp3) is 0.973. The summed E-state index contributed by atoms with van der Waals surface area (Å²) in [6.07, 6.45) is 14.1. The smallest absolute Gasteiger partial charge is 0.302 e. The summed E-state index contributed by atoms with van der Waals surface area (Å²) in [7, 11) is 0. The predicted molar refractivity (Wildman–Crippen MR) is 177 cm³/mol. The van der Waals surface area contributed by atoms with Crippen LogP contribution in [0.2, 0.25) is 0 Å². The van der Waals surface area contributed by atoms with E-state index < -0.39 is 5.60 Å². The third-order valence-corrected chi connectivity index (χ3v) is 14.1. The van der Waals surface area contributed by atoms with Crippen LogP contribution in [0.5, 0.6) is 0 Å². The van der Waals surface area contributed by atoms with Gasteiger partial charge < -0.3 is 21.3 Å². The molecule has 0 saturated heterocycles. The minimum atomic E-state index is -0.879. The first-order valence-corrected chi connectivity index (χ1v) is 18.4. The van der Waals surface area contributed by atoms with Gasteiger partial charge in [0.25, 0.3) is 0 Å². The van der Waals surface area contributed by atoms with E-state index in [9.17, 15) is 9.90 Å². The van der Waals surface area contributed by atoms with Gasteiger partial charge in [0, 0.05) is 24.8 Å². The van der Waals surface area contributed by atoms with Crippen LogP contribution in [0.4, 0.5) is 0 Å². The number of nitrogens with two attached hydrogens (primary N) is 2. The monoisotopic (exact) mass is 604 g/mol. The lowest BCUT2D eigenvalue weighted by Gasteiger charge is -2.67. The normalized spacial score (nSPS) is 40.6. The number of fused-ring (bicyclic) bond motifs is 5. The third-order valence-electron chi connectivity index (χ3n) is 14.1. The molecule has 0 aromatic rings. The molecule has 6 nitrogen and oxygen atoms in total. The minimum absolute atomic E-state index is 0.0622. The van der Waals surface area contributed by atoms with E-state index in [1.807, 2.05) is 0 Å². The second-order valence-electron chi connectivity index (χ2n) is 16.6. The Morgan fingerprint density at radius 1 is 0.930 bits per heavy atom. The first kappa shape index (κ1) is 35.2. The number of carbonyl (C=O) groups excluding carboxylic acids is 1. The zero-order chi connectivity index (χ0) is 31.6. The SMILES string of the molecule is CC(=O)O[C@H]1CC[C@]2(C)[C@H]3CC[C@]4(C)[C@@H](C(C)CCC(C)C(C)C)CC[C@H]4[C@@H]3C[C@@H](N(CCCN)CCCCN)C2(O)C1. The van der Waals surface area contributed by atoms with Crippen LogP contribution in [0.15, 0.2) is 0 Å². The summed E-state index contributed by atoms with van der Waals surface area (Å²) in [4.78, 5) is 14.6. The number of hydrogen-bond donors (Lipinski definition) is 3. The summed E-state index contributed by atoms with van der Waals surface area (Å²) in [5.41, 5.74) is 11.3. The third kappa shape index (κ3) is 6.88. The predicted octanol–water partition coefficient (Wildman–Crippen LogP) is 6.77. The number of ether oxygens (including phenoxy) is 1. The Hall–Kier alpha value is -0.690. The first-order valence-electron chi connectivity index (χ1n) is 18.4. The Kier molecular flexibility index (Phi) is 11.8. The standard InChI is InChI=1S/C37H69N3O3/c1-25(2)26(3)11-12-27(4)31-13-14-32-30-23-34(40(22-10-20-39)21-9-8-19-38)37(42)24-29(43-28(5)41)15-18-36(37,7)33(30)16-17-35(31,32)6/h25-27,29-34,42H,8-24,38-39H2,1-7H3/t26?,27?,29-,30-,31+,32-,33-,34+,35+,36+,37?/m0/s1. The van der Waals surface area contributed by atoms with E-state index in [4.69, 9.17) is 16.2 Å². The minimum Gasteiger partial charge on any atom is -0.462 e. The Morgan fingerprint density at radius 3 is 2.28 bits per heavy atom. The van der Waals surface area contributed by atoms with Gasteiger partial charge in [0.1, 0.15) is 6.10 Å². The average molecular weight is 604 g/mol. The highest BCUT2D eigenvalue weighted by molar-refractivity contribution is 5.66. The maximum atomic E-state index is 13.1. The zero-order valence-electron chi connectivity index (χ0n) is 29.1. The van der Waals surface area contributed by atoms with E-state index in [-0.39, 0.29) is 23.5 Å². The lowest BCUT2D eigenvalue weighted by Crippen LogP contribution is -2.72. The fourth-order valence-electron chi connectivity index (χ4n) is 11.2. The van der Waals surface area contributed by atoms with Crippen LogP contribution >= 0.6 is 0 Å². The van der Waals surface area contributed by atoms with Crippen LogP contribution in [0.1, 0.15) is 132 Å². The molecule has 4 rings (SSSR count). The van der Waals surface area contributed by atoms with E-state index in [0.29, 0.717) is 36.8 Å². The summed E-state index contributed by atoms with van der Waals surface area (Å²) in [5, 5.41) is 13.1. The molecule has 0 aromatic carbocycles. The summed E-state index contributed by atoms with van der Waals surface area (Å²) in [6, 6.07) is 0.0622. The Balaban J connectivity index is 1.65. The number of carbonyl (C=O) groups is 1. The van der Waals surface area contributed by atoms with Crippen LogP contribution < -0.4 is 11.5 Å². The van der Waals surface area contributed by atoms with Gasteiger partial charge in [-0.15, -0.1) is 0 Å². The molecule has 0 spiro atoms. The van der Waals surface area contributed by atoms with Crippen molar-refractivity contribution < 1.29 is 14.6 Å². The van der Waals surface area contributed by atoms with Gasteiger partial charge in [-0.2, -0.15) is 0 Å². The van der Waals surface area contributed by atoms with Gasteiger partial charge in [-0.05, 0) is 137 Å². The Bertz CT molecular complexity index is 914. The summed E-state index contributed by atoms with van der Waals surface area (Å²) in [5.74, 6) is 4.81. The van der Waals surface area contributed by atoms with Gasteiger partial charge in [-0.25, -0.2) is 0 Å². The second-order valence-corrected chi connectivity index (χ2v) is 16.6. The molecule has 6 heteroatoms. The van der Waals surface area contributed by atoms with Gasteiger partial charge >= 0.3 is 5.97 Å². The van der Waals surface area contributed by atoms with Crippen molar-refractivity contribution in [2.45, 2.75) is 150 Å². The molecule has 4 saturated carbocycles. The van der Waals surface area contributed by atoms with Crippen LogP contribution in [-0.2, 0) is 9.53 Å². The molecule has 0 heterocycles. The van der Waals surface area contributed by atoms with Crippen molar-refractivity contribution in [2.75, 3.05) is 26.2 Å². The zero-order valence-corrected chi connectivity index (χ0v) is 29.1. The van der Waals surface area contributed by atoms with Crippen molar-refractivity contribution >= 4 is 5.97 Å². The van der Waals surface area contributed by atoms with Crippen molar-refractivity contribution in [3.63, 3.8) is 0 Å². The van der Waals surface area contributed by atoms with Gasteiger partial charge in [0.2, 0.25) is 0 Å². The molecule has 4 aliphatic rings. The molecular weight excluding hydrogens is 534 g/mol. The molecule has 0 aliphatic heterocycles. The lowest BCUT2D eigenvalue weighted by molar-refractivity contribution is -0.253. The topological polar surface area (TPSA) is 102 Å². The molecule has 11 atom stereocenters. The highest BCUT2D eigenvalue weighted by Gasteiger charge is 2.68. The molecule has 250 valence electrons. The molecular formula is C37H69N3O3. The van der Waals surface area contributed by atoms with E-state index in [0.717, 1.165) is 81.2 Å². The number of esters is 1. The first-order chi connectivity index (χ1) is 20.3. The molecule has 3 unspecified atom stereocenters. The molecule has 0 amide bonds. The molecule has 4 aliphatic carbocycles. The number of hydrogen-bond acceptors (Lipinski definition) is 6. The number of nitrogens with zero attached hydrogens (tertiary/aromatic N) is 1. The van der Waals surface area contributed by atoms with Gasteiger partial charge in [0.15, 0.2) is 0 Å². The number of rotatable bonds is 14. The largest absolute Gasteiger partial charge is 0.462 e. The van der Waals surface area contributed by atoms with Crippen molar-refractivity contribution in [2.24, 2.45) is 63.7 Å². The van der Waals surface area contributed by atoms with Crippen LogP contribution in [0, 0.1) is 52.3 Å². The quantitative estimate of drug-likeness (QED) is 0.150. The van der Waals surface area contributed by atoms with E-state index in [1.54, 1.807) is 0 Å². The maximum absolute atomic E-state index is 13.1. The molecule has 5 N–H and O–H groups in total. The van der Waals surface area contributed by atoms with Gasteiger partial charge in [0.05, 0.1) is 5.60 Å². The lowest BCUT2D eigenvalue weighted by atomic mass is 9.41. The second kappa shape index (κ2) is 14.4. The number of aliphatic hydroxyl groups is 1. The molecule has 0 bridgehead atoms. The van der Waals surface area contributed by atoms with Crippen molar-refractivity contribution in [3.05, 3.63) is 0 Å². The molecule has 4 fully saturated rings. The average Bonchev–Trinajstić information content (AvgIpc) is 3.31. The van der Waals surface area contributed by atoms with Gasteiger partial charge in [-0.3, -0.25) is 9.69 Å². The fourth-order valence-corrected chi connectivity index (χ4v) is 11.2. The molecule has 43 heavy (non-hydrogen) atoms. The van der Waals surface area contributed by atoms with Crippen molar-refractivity contribution in [1.29, 1.82) is 0 Å². The maximum Gasteiger partial charge on any atom is 0.302 e. The highest BCUT2D eigenvalue weighted by atomic mass is 16.5. The molecule has 0 aromatic heterocycles. The van der Waals surface area contributed by atoms with Crippen molar-refractivity contribution in [3.8, 4) is 0 Å². The summed E-state index contributed by atoms with van der Waals surface area (Å²) < 4.78 is 5.82. The highest BCUT2D eigenvalue weighted by Crippen LogP contribution is 2.69. The summed E-state index contributed by atoms with van der Waals surface area (Å²) in [6.45, 7) is 19.6. The van der Waals surface area contributed by atoms with E-state index in [2.05, 4.69) is 46.4 Å². The summed E-state index contributed by atoms with van der Waals surface area (Å²) >= 11 is 0. The van der Waals surface area contributed by atoms with E-state index >= 15 is 0 Å². The Morgan fingerprint density at radius 2 is 1.63 bits per heavy atom. The van der Waals surface area contributed by atoms with Crippen LogP contribution in [-0.4, -0.2) is 59.9 Å². The van der Waals surface area contributed by atoms with E-state index in [1.165, 1.54) is 45.4 Å². The van der Waals surface area contributed by atoms with Crippen LogP contribution in [0.25, 0.3) is 0 Å². The van der Waals surface area contributed by atoms with Crippen LogP contribution in [0.3, 0.4) is 0 Å². The van der Waals surface area contributed by atoms with Gasteiger partial charge in [-0.1, -0.05) is 54.4 Å². The number of unbranched alkanes of at least 4 members (excludes halogenated alkanes) is 1. The molecule has 0 radical (unpaired) electrons. The Labute approximate surface area is 264 Å². The van der Waals surface area contributed by atoms with Crippen molar-refractivity contribution in [1.82, 2.24) is 4.90 Å².